The van der Waals surface area contributed by atoms with Crippen molar-refractivity contribution in [3.05, 3.63) is 34.9 Å². The van der Waals surface area contributed by atoms with Crippen molar-refractivity contribution in [1.82, 2.24) is 15.5 Å². The fourth-order valence-corrected chi connectivity index (χ4v) is 3.84. The van der Waals surface area contributed by atoms with Crippen molar-refractivity contribution < 1.29 is 19.1 Å². The summed E-state index contributed by atoms with van der Waals surface area (Å²) in [7, 11) is 0. The van der Waals surface area contributed by atoms with E-state index in [0.29, 0.717) is 0 Å². The summed E-state index contributed by atoms with van der Waals surface area (Å²) >= 11 is 4.30. The molecule has 186 valence electrons. The van der Waals surface area contributed by atoms with Gasteiger partial charge in [-0.1, -0.05) is 18.2 Å². The van der Waals surface area contributed by atoms with Gasteiger partial charge in [0.2, 0.25) is 11.8 Å². The Morgan fingerprint density at radius 1 is 1.03 bits per heavy atom. The van der Waals surface area contributed by atoms with E-state index in [-0.39, 0.29) is 17.7 Å². The van der Waals surface area contributed by atoms with Crippen molar-refractivity contribution in [3.8, 4) is 0 Å². The molecule has 1 rings (SSSR count). The molecule has 0 aliphatic heterocycles. The third-order valence-corrected chi connectivity index (χ3v) is 5.19. The normalized spacial score (nSPS) is 13.8. The van der Waals surface area contributed by atoms with E-state index in [1.165, 1.54) is 4.90 Å². The Morgan fingerprint density at radius 3 is 1.94 bits per heavy atom. The zero-order chi connectivity index (χ0) is 25.7. The van der Waals surface area contributed by atoms with Crippen molar-refractivity contribution >= 4 is 30.5 Å². The predicted molar refractivity (Wildman–Crippen MR) is 136 cm³/mol. The minimum absolute atomic E-state index is 0.0572. The fourth-order valence-electron chi connectivity index (χ4n) is 3.59. The van der Waals surface area contributed by atoms with Crippen LogP contribution in [0.3, 0.4) is 0 Å². The summed E-state index contributed by atoms with van der Waals surface area (Å²) < 4.78 is 5.32. The summed E-state index contributed by atoms with van der Waals surface area (Å²) in [4.78, 5) is 41.3. The molecule has 2 unspecified atom stereocenters. The molecule has 0 saturated carbocycles. The van der Waals surface area contributed by atoms with E-state index in [4.69, 9.17) is 4.74 Å². The maximum atomic E-state index is 13.8. The Kier molecular flexibility index (Phi) is 9.84. The zero-order valence-corrected chi connectivity index (χ0v) is 22.6. The van der Waals surface area contributed by atoms with Gasteiger partial charge in [-0.25, -0.2) is 4.79 Å². The first-order valence-electron chi connectivity index (χ1n) is 11.3. The SMILES string of the molecule is Cc1cccc(C)c1C(C(=O)NC(C)(C)C)N(C(=O)C(CS)NC(=O)OC(C)(C)C)C(C)C. The molecule has 1 aromatic carbocycles. The predicted octanol–water partition coefficient (Wildman–Crippen LogP) is 4.32. The van der Waals surface area contributed by atoms with Gasteiger partial charge in [0.05, 0.1) is 0 Å². The number of hydrogen-bond acceptors (Lipinski definition) is 5. The molecular formula is C25H41N3O4S. The van der Waals surface area contributed by atoms with Gasteiger partial charge in [0.15, 0.2) is 0 Å². The molecule has 1 aromatic rings. The standard InChI is InChI=1S/C25H41N3O4S/c1-15(2)28(22(30)18(14-33)26-23(31)32-25(8,9)10)20(21(29)27-24(5,6)7)19-16(3)12-11-13-17(19)4/h11-13,15,18,20,33H,14H2,1-10H3,(H,26,31)(H,27,29). The molecule has 0 aliphatic rings. The Labute approximate surface area is 204 Å². The Balaban J connectivity index is 3.51. The van der Waals surface area contributed by atoms with Gasteiger partial charge >= 0.3 is 6.09 Å². The van der Waals surface area contributed by atoms with E-state index in [2.05, 4.69) is 23.3 Å². The molecule has 2 N–H and O–H groups in total. The van der Waals surface area contributed by atoms with Gasteiger partial charge in [0.25, 0.3) is 0 Å². The lowest BCUT2D eigenvalue weighted by Crippen LogP contribution is -2.57. The minimum atomic E-state index is -0.958. The van der Waals surface area contributed by atoms with Gasteiger partial charge in [-0.3, -0.25) is 9.59 Å². The van der Waals surface area contributed by atoms with Crippen molar-refractivity contribution in [2.24, 2.45) is 0 Å². The minimum Gasteiger partial charge on any atom is -0.444 e. The molecule has 2 atom stereocenters. The highest BCUT2D eigenvalue weighted by atomic mass is 32.1. The van der Waals surface area contributed by atoms with E-state index in [0.717, 1.165) is 16.7 Å². The highest BCUT2D eigenvalue weighted by molar-refractivity contribution is 7.80. The lowest BCUT2D eigenvalue weighted by atomic mass is 9.92. The lowest BCUT2D eigenvalue weighted by molar-refractivity contribution is -0.144. The number of thiol groups is 1. The maximum absolute atomic E-state index is 13.8. The van der Waals surface area contributed by atoms with Crippen LogP contribution >= 0.6 is 12.6 Å². The summed E-state index contributed by atoms with van der Waals surface area (Å²) in [5.74, 6) is -0.624. The van der Waals surface area contributed by atoms with Crippen LogP contribution in [0.1, 0.15) is 78.1 Å². The van der Waals surface area contributed by atoms with Gasteiger partial charge in [0.1, 0.15) is 17.7 Å². The molecule has 0 spiro atoms. The van der Waals surface area contributed by atoms with Crippen LogP contribution in [-0.4, -0.2) is 51.8 Å². The molecule has 8 heteroatoms. The number of hydrogen-bond donors (Lipinski definition) is 3. The molecule has 0 saturated heterocycles. The number of nitrogens with zero attached hydrogens (tertiary/aromatic N) is 1. The number of rotatable bonds is 7. The molecule has 3 amide bonds. The van der Waals surface area contributed by atoms with Crippen molar-refractivity contribution in [2.75, 3.05) is 5.75 Å². The van der Waals surface area contributed by atoms with E-state index >= 15 is 0 Å². The van der Waals surface area contributed by atoms with Crippen LogP contribution in [0.2, 0.25) is 0 Å². The van der Waals surface area contributed by atoms with Crippen LogP contribution in [0, 0.1) is 13.8 Å². The maximum Gasteiger partial charge on any atom is 0.408 e. The Morgan fingerprint density at radius 2 is 1.55 bits per heavy atom. The fraction of sp³-hybridized carbons (Fsp3) is 0.640. The molecule has 0 bridgehead atoms. The number of alkyl carbamates (subject to hydrolysis) is 1. The second kappa shape index (κ2) is 11.3. The Bertz CT molecular complexity index is 836. The second-order valence-electron chi connectivity index (χ2n) is 10.7. The molecule has 0 aromatic heterocycles. The average molecular weight is 480 g/mol. The first-order valence-corrected chi connectivity index (χ1v) is 11.9. The van der Waals surface area contributed by atoms with Crippen LogP contribution < -0.4 is 10.6 Å². The van der Waals surface area contributed by atoms with E-state index in [9.17, 15) is 14.4 Å². The van der Waals surface area contributed by atoms with Gasteiger partial charge in [0, 0.05) is 17.3 Å². The summed E-state index contributed by atoms with van der Waals surface area (Å²) in [5, 5.41) is 5.65. The average Bonchev–Trinajstić information content (AvgIpc) is 2.61. The van der Waals surface area contributed by atoms with Crippen molar-refractivity contribution in [3.63, 3.8) is 0 Å². The molecule has 33 heavy (non-hydrogen) atoms. The third kappa shape index (κ3) is 8.57. The highest BCUT2D eigenvalue weighted by Crippen LogP contribution is 2.30. The summed E-state index contributed by atoms with van der Waals surface area (Å²) in [6.07, 6.45) is -0.707. The van der Waals surface area contributed by atoms with Crippen LogP contribution in [-0.2, 0) is 14.3 Å². The second-order valence-corrected chi connectivity index (χ2v) is 11.0. The van der Waals surface area contributed by atoms with Crippen molar-refractivity contribution in [2.45, 2.75) is 98.5 Å². The van der Waals surface area contributed by atoms with Crippen LogP contribution in [0.25, 0.3) is 0 Å². The lowest BCUT2D eigenvalue weighted by Gasteiger charge is -2.39. The number of benzene rings is 1. The third-order valence-electron chi connectivity index (χ3n) is 4.82. The number of nitrogens with one attached hydrogen (secondary N) is 2. The number of carbonyl (C=O) groups is 3. The van der Waals surface area contributed by atoms with E-state index in [1.54, 1.807) is 20.8 Å². The number of aryl methyl sites for hydroxylation is 2. The van der Waals surface area contributed by atoms with Gasteiger partial charge < -0.3 is 20.3 Å². The first kappa shape index (κ1) is 28.8. The van der Waals surface area contributed by atoms with E-state index in [1.807, 2.05) is 66.7 Å². The summed E-state index contributed by atoms with van der Waals surface area (Å²) in [6, 6.07) is 3.63. The van der Waals surface area contributed by atoms with Gasteiger partial charge in [-0.15, -0.1) is 0 Å². The number of amides is 3. The smallest absolute Gasteiger partial charge is 0.408 e. The number of ether oxygens (including phenoxy) is 1. The van der Waals surface area contributed by atoms with Gasteiger partial charge in [-0.05, 0) is 85.9 Å². The quantitative estimate of drug-likeness (QED) is 0.508. The van der Waals surface area contributed by atoms with E-state index < -0.39 is 35.2 Å². The molecule has 0 aliphatic carbocycles. The largest absolute Gasteiger partial charge is 0.444 e. The van der Waals surface area contributed by atoms with Crippen LogP contribution in [0.5, 0.6) is 0 Å². The molecule has 7 nitrogen and oxygen atoms in total. The van der Waals surface area contributed by atoms with Crippen LogP contribution in [0.15, 0.2) is 18.2 Å². The molecule has 0 fully saturated rings. The zero-order valence-electron chi connectivity index (χ0n) is 21.7. The molecular weight excluding hydrogens is 438 g/mol. The Hall–Kier alpha value is -2.22. The first-order chi connectivity index (χ1) is 15.0. The molecule has 0 radical (unpaired) electrons. The summed E-state index contributed by atoms with van der Waals surface area (Å²) in [5.41, 5.74) is 1.39. The van der Waals surface area contributed by atoms with Crippen molar-refractivity contribution in [1.29, 1.82) is 0 Å². The molecule has 0 heterocycles. The summed E-state index contributed by atoms with van der Waals surface area (Å²) in [6.45, 7) is 18.5. The monoisotopic (exact) mass is 479 g/mol. The topological polar surface area (TPSA) is 87.7 Å². The number of carbonyl (C=O) groups excluding carboxylic acids is 3. The van der Waals surface area contributed by atoms with Gasteiger partial charge in [-0.2, -0.15) is 12.6 Å². The highest BCUT2D eigenvalue weighted by Gasteiger charge is 2.39. The van der Waals surface area contributed by atoms with Crippen LogP contribution in [0.4, 0.5) is 4.79 Å².